The summed E-state index contributed by atoms with van der Waals surface area (Å²) in [5, 5.41) is 22.9. The molecule has 2 aromatic rings. The fourth-order valence-electron chi connectivity index (χ4n) is 3.06. The Labute approximate surface area is 171 Å². The van der Waals surface area contributed by atoms with Crippen molar-refractivity contribution < 1.29 is 24.5 Å². The van der Waals surface area contributed by atoms with Crippen molar-refractivity contribution >= 4 is 12.1 Å². The molecule has 3 N–H and O–H groups in total. The van der Waals surface area contributed by atoms with Gasteiger partial charge in [0.2, 0.25) is 0 Å². The van der Waals surface area contributed by atoms with Gasteiger partial charge in [0.05, 0.1) is 17.7 Å². The van der Waals surface area contributed by atoms with Gasteiger partial charge in [0.25, 0.3) is 0 Å². The van der Waals surface area contributed by atoms with Gasteiger partial charge in [-0.3, -0.25) is 0 Å². The number of aliphatic hydroxyl groups is 1. The quantitative estimate of drug-likeness (QED) is 0.627. The summed E-state index contributed by atoms with van der Waals surface area (Å²) in [5.74, 6) is -0.997. The van der Waals surface area contributed by atoms with E-state index < -0.39 is 29.8 Å². The number of benzene rings is 2. The van der Waals surface area contributed by atoms with E-state index in [1.54, 1.807) is 45.0 Å². The number of carbonyl (C=O) groups excluding carboxylic acids is 1. The zero-order chi connectivity index (χ0) is 21.4. The van der Waals surface area contributed by atoms with Gasteiger partial charge in [0.15, 0.2) is 0 Å². The molecule has 2 rings (SSSR count). The number of carboxylic acid groups (broad SMARTS) is 1. The number of nitrogens with one attached hydrogen (secondary N) is 1. The van der Waals surface area contributed by atoms with Gasteiger partial charge < -0.3 is 20.3 Å². The number of hydrogen-bond acceptors (Lipinski definition) is 4. The largest absolute Gasteiger partial charge is 0.478 e. The second-order valence-electron chi connectivity index (χ2n) is 8.01. The minimum absolute atomic E-state index is 0.222. The van der Waals surface area contributed by atoms with Crippen LogP contribution in [-0.4, -0.2) is 40.0 Å². The number of ether oxygens (including phenoxy) is 1. The summed E-state index contributed by atoms with van der Waals surface area (Å²) in [7, 11) is 0. The Hall–Kier alpha value is -2.86. The van der Waals surface area contributed by atoms with Crippen molar-refractivity contribution in [2.24, 2.45) is 0 Å². The minimum atomic E-state index is -0.997. The molecule has 0 saturated carbocycles. The number of rotatable bonds is 8. The van der Waals surface area contributed by atoms with Crippen LogP contribution in [0.15, 0.2) is 54.6 Å². The SMILES string of the molecule is CC(C)(C)OC(=O)N[C@@H](Cc1ccccc1)[C@H](O)CCc1ccccc1C(=O)O. The van der Waals surface area contributed by atoms with E-state index in [0.717, 1.165) is 5.56 Å². The molecule has 2 aromatic carbocycles. The van der Waals surface area contributed by atoms with E-state index in [1.165, 1.54) is 0 Å². The van der Waals surface area contributed by atoms with Crippen molar-refractivity contribution in [3.63, 3.8) is 0 Å². The summed E-state index contributed by atoms with van der Waals surface area (Å²) in [6, 6.07) is 15.7. The van der Waals surface area contributed by atoms with Crippen LogP contribution in [-0.2, 0) is 17.6 Å². The van der Waals surface area contributed by atoms with Crippen molar-refractivity contribution in [2.45, 2.75) is 57.8 Å². The lowest BCUT2D eigenvalue weighted by atomic mass is 9.95. The maximum absolute atomic E-state index is 12.3. The molecule has 1 amide bonds. The lowest BCUT2D eigenvalue weighted by Crippen LogP contribution is -2.46. The van der Waals surface area contributed by atoms with Crippen molar-refractivity contribution in [2.75, 3.05) is 0 Å². The van der Waals surface area contributed by atoms with E-state index >= 15 is 0 Å². The standard InChI is InChI=1S/C23H29NO5/c1-23(2,3)29-22(28)24-19(15-16-9-5-4-6-10-16)20(25)14-13-17-11-7-8-12-18(17)21(26)27/h4-12,19-20,25H,13-15H2,1-3H3,(H,24,28)(H,26,27)/t19-,20+/m0/s1. The average Bonchev–Trinajstić information content (AvgIpc) is 2.65. The molecule has 6 heteroatoms. The van der Waals surface area contributed by atoms with E-state index in [9.17, 15) is 19.8 Å². The summed E-state index contributed by atoms with van der Waals surface area (Å²) < 4.78 is 5.33. The second-order valence-corrected chi connectivity index (χ2v) is 8.01. The predicted molar refractivity (Wildman–Crippen MR) is 111 cm³/mol. The maximum Gasteiger partial charge on any atom is 0.407 e. The lowest BCUT2D eigenvalue weighted by Gasteiger charge is -2.27. The molecule has 29 heavy (non-hydrogen) atoms. The number of aromatic carboxylic acids is 1. The molecule has 0 heterocycles. The Kier molecular flexibility index (Phi) is 7.79. The highest BCUT2D eigenvalue weighted by Gasteiger charge is 2.25. The molecule has 0 unspecified atom stereocenters. The number of carbonyl (C=O) groups is 2. The third-order valence-corrected chi connectivity index (χ3v) is 4.42. The first-order valence-electron chi connectivity index (χ1n) is 9.68. The van der Waals surface area contributed by atoms with Crippen molar-refractivity contribution in [3.05, 3.63) is 71.3 Å². The van der Waals surface area contributed by atoms with E-state index in [1.807, 2.05) is 30.3 Å². The van der Waals surface area contributed by atoms with E-state index in [2.05, 4.69) is 5.32 Å². The smallest absolute Gasteiger partial charge is 0.407 e. The Morgan fingerprint density at radius 2 is 1.66 bits per heavy atom. The fourth-order valence-corrected chi connectivity index (χ4v) is 3.06. The van der Waals surface area contributed by atoms with Crippen LogP contribution in [0.1, 0.15) is 48.7 Å². The van der Waals surface area contributed by atoms with Gasteiger partial charge in [-0.05, 0) is 57.2 Å². The summed E-state index contributed by atoms with van der Waals surface area (Å²) in [4.78, 5) is 23.6. The first-order chi connectivity index (χ1) is 13.7. The van der Waals surface area contributed by atoms with Crippen LogP contribution >= 0.6 is 0 Å². The minimum Gasteiger partial charge on any atom is -0.478 e. The van der Waals surface area contributed by atoms with Gasteiger partial charge in [-0.1, -0.05) is 48.5 Å². The molecule has 0 bridgehead atoms. The molecule has 0 aromatic heterocycles. The van der Waals surface area contributed by atoms with E-state index in [4.69, 9.17) is 4.74 Å². The molecule has 156 valence electrons. The highest BCUT2D eigenvalue weighted by molar-refractivity contribution is 5.89. The van der Waals surface area contributed by atoms with Crippen molar-refractivity contribution in [3.8, 4) is 0 Å². The molecular weight excluding hydrogens is 370 g/mol. The lowest BCUT2D eigenvalue weighted by molar-refractivity contribution is 0.0414. The Bertz CT molecular complexity index is 814. The number of amides is 1. The summed E-state index contributed by atoms with van der Waals surface area (Å²) in [5.41, 5.74) is 1.19. The number of aryl methyl sites for hydroxylation is 1. The van der Waals surface area contributed by atoms with E-state index in [-0.39, 0.29) is 5.56 Å². The van der Waals surface area contributed by atoms with Crippen LogP contribution in [0.25, 0.3) is 0 Å². The van der Waals surface area contributed by atoms with Crippen LogP contribution in [0.5, 0.6) is 0 Å². The summed E-state index contributed by atoms with van der Waals surface area (Å²) >= 11 is 0. The van der Waals surface area contributed by atoms with Gasteiger partial charge in [-0.15, -0.1) is 0 Å². The first-order valence-corrected chi connectivity index (χ1v) is 9.68. The molecule has 0 saturated heterocycles. The van der Waals surface area contributed by atoms with Crippen LogP contribution in [0.3, 0.4) is 0 Å². The van der Waals surface area contributed by atoms with Gasteiger partial charge >= 0.3 is 12.1 Å². The van der Waals surface area contributed by atoms with Crippen molar-refractivity contribution in [1.29, 1.82) is 0 Å². The first kappa shape index (κ1) is 22.4. The molecular formula is C23H29NO5. The Balaban J connectivity index is 2.10. The van der Waals surface area contributed by atoms with Crippen LogP contribution in [0, 0.1) is 0 Å². The van der Waals surface area contributed by atoms with Gasteiger partial charge in [0.1, 0.15) is 5.60 Å². The normalized spacial score (nSPS) is 13.4. The topological polar surface area (TPSA) is 95.9 Å². The average molecular weight is 399 g/mol. The van der Waals surface area contributed by atoms with Crippen LogP contribution < -0.4 is 5.32 Å². The summed E-state index contributed by atoms with van der Waals surface area (Å²) in [6.45, 7) is 5.33. The predicted octanol–water partition coefficient (Wildman–Crippen LogP) is 3.81. The van der Waals surface area contributed by atoms with Crippen molar-refractivity contribution in [1.82, 2.24) is 5.32 Å². The molecule has 2 atom stereocenters. The third-order valence-electron chi connectivity index (χ3n) is 4.42. The highest BCUT2D eigenvalue weighted by atomic mass is 16.6. The second kappa shape index (κ2) is 10.1. The molecule has 0 spiro atoms. The molecule has 6 nitrogen and oxygen atoms in total. The molecule has 0 radical (unpaired) electrons. The Morgan fingerprint density at radius 1 is 1.03 bits per heavy atom. The zero-order valence-corrected chi connectivity index (χ0v) is 17.1. The van der Waals surface area contributed by atoms with Gasteiger partial charge in [0, 0.05) is 0 Å². The monoisotopic (exact) mass is 399 g/mol. The number of hydrogen-bond donors (Lipinski definition) is 3. The zero-order valence-electron chi connectivity index (χ0n) is 17.1. The molecule has 0 aliphatic rings. The number of carboxylic acids is 1. The molecule has 0 aliphatic carbocycles. The highest BCUT2D eigenvalue weighted by Crippen LogP contribution is 2.16. The summed E-state index contributed by atoms with van der Waals surface area (Å²) in [6.07, 6.45) is -0.349. The maximum atomic E-state index is 12.3. The van der Waals surface area contributed by atoms with Crippen LogP contribution in [0.2, 0.25) is 0 Å². The molecule has 0 fully saturated rings. The van der Waals surface area contributed by atoms with Crippen LogP contribution in [0.4, 0.5) is 4.79 Å². The van der Waals surface area contributed by atoms with Gasteiger partial charge in [-0.25, -0.2) is 9.59 Å². The van der Waals surface area contributed by atoms with E-state index in [0.29, 0.717) is 24.8 Å². The number of aliphatic hydroxyl groups excluding tert-OH is 1. The fraction of sp³-hybridized carbons (Fsp3) is 0.391. The Morgan fingerprint density at radius 3 is 2.28 bits per heavy atom. The molecule has 0 aliphatic heterocycles. The number of alkyl carbamates (subject to hydrolysis) is 1. The van der Waals surface area contributed by atoms with Gasteiger partial charge in [-0.2, -0.15) is 0 Å². The third kappa shape index (κ3) is 7.58.